The Labute approximate surface area is 166 Å². The number of rotatable bonds is 4. The number of fused-ring (bicyclic) bond motifs is 1. The van der Waals surface area contributed by atoms with Crippen LogP contribution in [-0.2, 0) is 6.18 Å². The first-order chi connectivity index (χ1) is 14.3. The van der Waals surface area contributed by atoms with E-state index >= 15 is 0 Å². The van der Waals surface area contributed by atoms with E-state index < -0.39 is 17.7 Å². The van der Waals surface area contributed by atoms with Gasteiger partial charge in [-0.05, 0) is 24.3 Å². The Balaban J connectivity index is 1.98. The van der Waals surface area contributed by atoms with Gasteiger partial charge in [-0.1, -0.05) is 6.07 Å². The number of anilines is 1. The molecule has 2 aromatic carbocycles. The van der Waals surface area contributed by atoms with Crippen LogP contribution in [0, 0.1) is 11.2 Å². The van der Waals surface area contributed by atoms with E-state index in [2.05, 4.69) is 10.1 Å². The largest absolute Gasteiger partial charge is 0.456 e. The number of halogens is 4. The first kappa shape index (κ1) is 19.4. The SMILES string of the molecule is N=Cc1c(N)ccc2nc(-c3cn[nH]c3C(F)(F)F)cc(Oc3cccc(F)c3)c12. The second kappa shape index (κ2) is 7.14. The summed E-state index contributed by atoms with van der Waals surface area (Å²) in [7, 11) is 0. The maximum Gasteiger partial charge on any atom is 0.433 e. The molecule has 4 rings (SSSR count). The standard InChI is InChI=1S/C20H13F4N5O/c21-10-2-1-3-11(6-10)30-17-7-16(13-9-27-29-19(13)20(22,23)24)28-15-5-4-14(26)12(8-25)18(15)17/h1-9,25H,26H2,(H,27,29). The topological polar surface area (TPSA) is 101 Å². The lowest BCUT2D eigenvalue weighted by Gasteiger charge is -2.14. The van der Waals surface area contributed by atoms with Gasteiger partial charge in [-0.2, -0.15) is 18.3 Å². The fourth-order valence-electron chi connectivity index (χ4n) is 3.06. The summed E-state index contributed by atoms with van der Waals surface area (Å²) in [4.78, 5) is 4.29. The molecule has 2 heterocycles. The Morgan fingerprint density at radius 2 is 1.93 bits per heavy atom. The number of H-pyrrole nitrogens is 1. The van der Waals surface area contributed by atoms with Gasteiger partial charge in [0.25, 0.3) is 0 Å². The molecule has 0 spiro atoms. The van der Waals surface area contributed by atoms with Crippen LogP contribution in [0.25, 0.3) is 22.2 Å². The Kier molecular flexibility index (Phi) is 4.61. The van der Waals surface area contributed by atoms with Crippen LogP contribution in [0.15, 0.2) is 48.7 Å². The third-order valence-electron chi connectivity index (χ3n) is 4.38. The zero-order chi connectivity index (χ0) is 21.5. The highest BCUT2D eigenvalue weighted by molar-refractivity contribution is 6.06. The number of benzene rings is 2. The van der Waals surface area contributed by atoms with Crippen LogP contribution in [0.2, 0.25) is 0 Å². The quantitative estimate of drug-likeness (QED) is 0.244. The molecule has 0 unspecified atom stereocenters. The number of nitrogens with two attached hydrogens (primary N) is 1. The molecule has 0 aliphatic heterocycles. The highest BCUT2D eigenvalue weighted by Crippen LogP contribution is 2.40. The van der Waals surface area contributed by atoms with Gasteiger partial charge in [0.2, 0.25) is 0 Å². The molecule has 0 amide bonds. The van der Waals surface area contributed by atoms with Crippen molar-refractivity contribution in [2.75, 3.05) is 5.73 Å². The summed E-state index contributed by atoms with van der Waals surface area (Å²) in [6.07, 6.45) is -2.67. The lowest BCUT2D eigenvalue weighted by Crippen LogP contribution is -2.08. The molecule has 0 radical (unpaired) electrons. The minimum absolute atomic E-state index is 0.0596. The first-order valence-corrected chi connectivity index (χ1v) is 8.56. The summed E-state index contributed by atoms with van der Waals surface area (Å²) in [5.74, 6) is -0.358. The van der Waals surface area contributed by atoms with Crippen molar-refractivity contribution in [2.45, 2.75) is 6.18 Å². The van der Waals surface area contributed by atoms with Gasteiger partial charge < -0.3 is 15.9 Å². The van der Waals surface area contributed by atoms with Crippen molar-refractivity contribution in [3.63, 3.8) is 0 Å². The molecule has 0 atom stereocenters. The zero-order valence-electron chi connectivity index (χ0n) is 15.1. The Hall–Kier alpha value is -3.95. The second-order valence-corrected chi connectivity index (χ2v) is 6.33. The number of aromatic nitrogens is 3. The summed E-state index contributed by atoms with van der Waals surface area (Å²) >= 11 is 0. The molecule has 10 heteroatoms. The van der Waals surface area contributed by atoms with Gasteiger partial charge in [0.1, 0.15) is 23.0 Å². The number of hydrogen-bond acceptors (Lipinski definition) is 5. The second-order valence-electron chi connectivity index (χ2n) is 6.33. The van der Waals surface area contributed by atoms with E-state index in [4.69, 9.17) is 15.9 Å². The smallest absolute Gasteiger partial charge is 0.433 e. The Morgan fingerprint density at radius 3 is 2.63 bits per heavy atom. The molecule has 0 saturated heterocycles. The van der Waals surface area contributed by atoms with Crippen molar-refractivity contribution in [3.8, 4) is 22.8 Å². The van der Waals surface area contributed by atoms with Crippen LogP contribution in [-0.4, -0.2) is 21.4 Å². The lowest BCUT2D eigenvalue weighted by molar-refractivity contribution is -0.140. The molecule has 4 N–H and O–H groups in total. The van der Waals surface area contributed by atoms with Gasteiger partial charge in [0, 0.05) is 29.6 Å². The number of aromatic amines is 1. The Bertz CT molecular complexity index is 1270. The number of nitrogens with one attached hydrogen (secondary N) is 2. The van der Waals surface area contributed by atoms with Crippen LogP contribution in [0.4, 0.5) is 23.2 Å². The van der Waals surface area contributed by atoms with Gasteiger partial charge in [-0.15, -0.1) is 0 Å². The summed E-state index contributed by atoms with van der Waals surface area (Å²) in [6.45, 7) is 0. The predicted octanol–water partition coefficient (Wildman–Crippen LogP) is 5.15. The number of ether oxygens (including phenoxy) is 1. The lowest BCUT2D eigenvalue weighted by atomic mass is 10.0. The monoisotopic (exact) mass is 415 g/mol. The summed E-state index contributed by atoms with van der Waals surface area (Å²) in [6, 6.07) is 9.55. The maximum absolute atomic E-state index is 13.6. The first-order valence-electron chi connectivity index (χ1n) is 8.56. The summed E-state index contributed by atoms with van der Waals surface area (Å²) in [5, 5.41) is 13.4. The van der Waals surface area contributed by atoms with Gasteiger partial charge >= 0.3 is 6.18 Å². The molecule has 0 bridgehead atoms. The number of hydrogen-bond donors (Lipinski definition) is 3. The molecule has 0 fully saturated rings. The molecule has 0 saturated carbocycles. The van der Waals surface area contributed by atoms with Gasteiger partial charge in [0.15, 0.2) is 0 Å². The zero-order valence-corrected chi connectivity index (χ0v) is 15.1. The van der Waals surface area contributed by atoms with Crippen molar-refractivity contribution in [2.24, 2.45) is 0 Å². The van der Waals surface area contributed by atoms with Gasteiger partial charge in [0.05, 0.1) is 28.4 Å². The van der Waals surface area contributed by atoms with E-state index in [1.54, 1.807) is 0 Å². The molecular formula is C20H13F4N5O. The molecule has 2 aromatic heterocycles. The minimum atomic E-state index is -4.67. The molecule has 0 aliphatic carbocycles. The normalized spacial score (nSPS) is 11.6. The van der Waals surface area contributed by atoms with Crippen LogP contribution in [0.3, 0.4) is 0 Å². The third-order valence-corrected chi connectivity index (χ3v) is 4.38. The van der Waals surface area contributed by atoms with Crippen LogP contribution >= 0.6 is 0 Å². The molecule has 0 aliphatic rings. The van der Waals surface area contributed by atoms with Gasteiger partial charge in [-0.3, -0.25) is 5.10 Å². The van der Waals surface area contributed by atoms with Crippen molar-refractivity contribution in [1.82, 2.24) is 15.2 Å². The average Bonchev–Trinajstić information content (AvgIpc) is 3.18. The average molecular weight is 415 g/mol. The van der Waals surface area contributed by atoms with Crippen LogP contribution in [0.5, 0.6) is 11.5 Å². The molecule has 152 valence electrons. The van der Waals surface area contributed by atoms with Crippen molar-refractivity contribution >= 4 is 22.8 Å². The molecular weight excluding hydrogens is 402 g/mol. The van der Waals surface area contributed by atoms with E-state index in [-0.39, 0.29) is 39.5 Å². The fraction of sp³-hybridized carbons (Fsp3) is 0.0500. The minimum Gasteiger partial charge on any atom is -0.456 e. The maximum atomic E-state index is 13.6. The molecule has 6 nitrogen and oxygen atoms in total. The number of pyridine rings is 1. The van der Waals surface area contributed by atoms with E-state index in [1.165, 1.54) is 36.4 Å². The summed E-state index contributed by atoms with van der Waals surface area (Å²) < 4.78 is 59.4. The molecule has 4 aromatic rings. The number of nitrogen functional groups attached to an aromatic ring is 1. The van der Waals surface area contributed by atoms with Crippen molar-refractivity contribution in [1.29, 1.82) is 5.41 Å². The number of alkyl halides is 3. The van der Waals surface area contributed by atoms with Gasteiger partial charge in [-0.25, -0.2) is 9.37 Å². The van der Waals surface area contributed by atoms with E-state index in [1.807, 2.05) is 5.10 Å². The summed E-state index contributed by atoms with van der Waals surface area (Å²) in [5.41, 5.74) is 5.33. The predicted molar refractivity (Wildman–Crippen MR) is 103 cm³/mol. The van der Waals surface area contributed by atoms with E-state index in [0.29, 0.717) is 5.39 Å². The number of nitrogens with zero attached hydrogens (tertiary/aromatic N) is 2. The van der Waals surface area contributed by atoms with E-state index in [0.717, 1.165) is 18.5 Å². The molecule has 30 heavy (non-hydrogen) atoms. The van der Waals surface area contributed by atoms with Crippen LogP contribution < -0.4 is 10.5 Å². The van der Waals surface area contributed by atoms with Crippen LogP contribution in [0.1, 0.15) is 11.3 Å². The fourth-order valence-corrected chi connectivity index (χ4v) is 3.06. The van der Waals surface area contributed by atoms with E-state index in [9.17, 15) is 17.6 Å². The highest BCUT2D eigenvalue weighted by atomic mass is 19.4. The van der Waals surface area contributed by atoms with Crippen molar-refractivity contribution in [3.05, 3.63) is 65.7 Å². The third kappa shape index (κ3) is 3.43. The van der Waals surface area contributed by atoms with Crippen molar-refractivity contribution < 1.29 is 22.3 Å². The Morgan fingerprint density at radius 1 is 1.13 bits per heavy atom. The highest BCUT2D eigenvalue weighted by Gasteiger charge is 2.36.